The minimum atomic E-state index is -3.51. The van der Waals surface area contributed by atoms with Gasteiger partial charge in [-0.05, 0) is 48.9 Å². The number of fused-ring (bicyclic) bond motifs is 1. The first kappa shape index (κ1) is 19.8. The molecule has 7 nitrogen and oxygen atoms in total. The minimum absolute atomic E-state index is 0.0392. The van der Waals surface area contributed by atoms with Crippen molar-refractivity contribution in [1.29, 1.82) is 5.26 Å². The molecule has 1 fully saturated rings. The van der Waals surface area contributed by atoms with E-state index in [-0.39, 0.29) is 22.9 Å². The SMILES string of the molecule is CCCCNS(=O)(=O)c1ccc2c(c1)CN[C@H](C(=O)N1CCC[C@H]1C#N)C2. The van der Waals surface area contributed by atoms with Crippen molar-refractivity contribution in [3.05, 3.63) is 29.3 Å². The van der Waals surface area contributed by atoms with Crippen LogP contribution >= 0.6 is 0 Å². The Balaban J connectivity index is 1.71. The predicted molar refractivity (Wildman–Crippen MR) is 101 cm³/mol. The van der Waals surface area contributed by atoms with Crippen LogP contribution in [0.2, 0.25) is 0 Å². The van der Waals surface area contributed by atoms with Crippen LogP contribution in [0.1, 0.15) is 43.7 Å². The van der Waals surface area contributed by atoms with Gasteiger partial charge in [-0.3, -0.25) is 4.79 Å². The van der Waals surface area contributed by atoms with E-state index in [0.717, 1.165) is 36.8 Å². The molecule has 0 spiro atoms. The number of carbonyl (C=O) groups excluding carboxylic acids is 1. The molecule has 2 atom stereocenters. The van der Waals surface area contributed by atoms with E-state index in [1.165, 1.54) is 0 Å². The fourth-order valence-electron chi connectivity index (χ4n) is 3.66. The molecule has 146 valence electrons. The fraction of sp³-hybridized carbons (Fsp3) is 0.579. The number of rotatable bonds is 6. The van der Waals surface area contributed by atoms with Crippen molar-refractivity contribution < 1.29 is 13.2 Å². The average molecular weight is 391 g/mol. The first-order valence-electron chi connectivity index (χ1n) is 9.51. The summed E-state index contributed by atoms with van der Waals surface area (Å²) in [5.74, 6) is -0.0392. The lowest BCUT2D eigenvalue weighted by Crippen LogP contribution is -2.50. The zero-order valence-corrected chi connectivity index (χ0v) is 16.4. The third-order valence-electron chi connectivity index (χ3n) is 5.26. The van der Waals surface area contributed by atoms with Gasteiger partial charge in [0.2, 0.25) is 15.9 Å². The number of nitrogens with one attached hydrogen (secondary N) is 2. The molecule has 0 radical (unpaired) electrons. The van der Waals surface area contributed by atoms with Gasteiger partial charge in [0.25, 0.3) is 0 Å². The number of nitriles is 1. The van der Waals surface area contributed by atoms with E-state index < -0.39 is 10.0 Å². The van der Waals surface area contributed by atoms with Crippen LogP contribution < -0.4 is 10.0 Å². The lowest BCUT2D eigenvalue weighted by molar-refractivity contribution is -0.133. The molecular formula is C19H26N4O3S. The third-order valence-corrected chi connectivity index (χ3v) is 6.72. The first-order valence-corrected chi connectivity index (χ1v) is 11.0. The summed E-state index contributed by atoms with van der Waals surface area (Å²) < 4.78 is 27.4. The molecule has 0 aromatic heterocycles. The van der Waals surface area contributed by atoms with E-state index >= 15 is 0 Å². The number of likely N-dealkylation sites (tertiary alicyclic amines) is 1. The topological polar surface area (TPSA) is 102 Å². The molecule has 8 heteroatoms. The van der Waals surface area contributed by atoms with E-state index in [1.807, 2.05) is 6.92 Å². The first-order chi connectivity index (χ1) is 13.0. The zero-order chi connectivity index (χ0) is 19.4. The Labute approximate surface area is 160 Å². The quantitative estimate of drug-likeness (QED) is 0.713. The number of hydrogen-bond acceptors (Lipinski definition) is 5. The number of benzene rings is 1. The van der Waals surface area contributed by atoms with Crippen LogP contribution in [0.15, 0.2) is 23.1 Å². The number of nitrogens with zero attached hydrogens (tertiary/aromatic N) is 2. The Hall–Kier alpha value is -1.95. The van der Waals surface area contributed by atoms with Crippen molar-refractivity contribution in [3.8, 4) is 6.07 Å². The van der Waals surface area contributed by atoms with Gasteiger partial charge in [-0.15, -0.1) is 0 Å². The van der Waals surface area contributed by atoms with Gasteiger partial charge in [-0.2, -0.15) is 5.26 Å². The highest BCUT2D eigenvalue weighted by Gasteiger charge is 2.34. The van der Waals surface area contributed by atoms with Crippen molar-refractivity contribution in [3.63, 3.8) is 0 Å². The summed E-state index contributed by atoms with van der Waals surface area (Å²) in [6.45, 7) is 3.51. The van der Waals surface area contributed by atoms with Gasteiger partial charge in [-0.1, -0.05) is 19.4 Å². The van der Waals surface area contributed by atoms with E-state index in [4.69, 9.17) is 0 Å². The summed E-state index contributed by atoms with van der Waals surface area (Å²) >= 11 is 0. The molecule has 2 N–H and O–H groups in total. The highest BCUT2D eigenvalue weighted by molar-refractivity contribution is 7.89. The molecule has 2 heterocycles. The van der Waals surface area contributed by atoms with E-state index in [2.05, 4.69) is 16.1 Å². The van der Waals surface area contributed by atoms with Crippen LogP contribution in [-0.4, -0.2) is 44.4 Å². The van der Waals surface area contributed by atoms with Crippen LogP contribution in [-0.2, 0) is 27.8 Å². The summed E-state index contributed by atoms with van der Waals surface area (Å²) in [7, 11) is -3.51. The van der Waals surface area contributed by atoms with Gasteiger partial charge in [0.05, 0.1) is 17.0 Å². The third kappa shape index (κ3) is 4.32. The Morgan fingerprint density at radius 1 is 1.41 bits per heavy atom. The molecule has 1 aromatic rings. The van der Waals surface area contributed by atoms with Crippen molar-refractivity contribution in [2.24, 2.45) is 0 Å². The summed E-state index contributed by atoms with van der Waals surface area (Å²) in [4.78, 5) is 14.7. The summed E-state index contributed by atoms with van der Waals surface area (Å²) in [5.41, 5.74) is 1.88. The molecule has 1 amide bonds. The van der Waals surface area contributed by atoms with Gasteiger partial charge >= 0.3 is 0 Å². The van der Waals surface area contributed by atoms with Crippen LogP contribution in [0.25, 0.3) is 0 Å². The van der Waals surface area contributed by atoms with Crippen molar-refractivity contribution >= 4 is 15.9 Å². The molecule has 0 unspecified atom stereocenters. The normalized spacial score (nSPS) is 22.3. The lowest BCUT2D eigenvalue weighted by Gasteiger charge is -2.30. The Bertz CT molecular complexity index is 847. The number of carbonyl (C=O) groups is 1. The van der Waals surface area contributed by atoms with E-state index in [0.29, 0.717) is 26.1 Å². The number of hydrogen-bond donors (Lipinski definition) is 2. The van der Waals surface area contributed by atoms with E-state index in [9.17, 15) is 18.5 Å². The predicted octanol–water partition coefficient (Wildman–Crippen LogP) is 1.29. The largest absolute Gasteiger partial charge is 0.325 e. The van der Waals surface area contributed by atoms with Crippen molar-refractivity contribution in [2.75, 3.05) is 13.1 Å². The second-order valence-electron chi connectivity index (χ2n) is 7.14. The molecule has 2 aliphatic heterocycles. The second-order valence-corrected chi connectivity index (χ2v) is 8.91. The zero-order valence-electron chi connectivity index (χ0n) is 15.6. The Kier molecular flexibility index (Phi) is 6.15. The van der Waals surface area contributed by atoms with Crippen LogP contribution in [0.5, 0.6) is 0 Å². The summed E-state index contributed by atoms with van der Waals surface area (Å²) in [6, 6.07) is 6.60. The maximum Gasteiger partial charge on any atom is 0.241 e. The van der Waals surface area contributed by atoms with Crippen LogP contribution in [0.4, 0.5) is 0 Å². The van der Waals surface area contributed by atoms with Crippen LogP contribution in [0, 0.1) is 11.3 Å². The number of amides is 1. The van der Waals surface area contributed by atoms with Gasteiger partial charge in [-0.25, -0.2) is 13.1 Å². The number of sulfonamides is 1. The standard InChI is InChI=1S/C19H26N4O3S/c1-2-3-8-22-27(25,26)17-7-6-14-11-18(21-13-15(14)10-17)19(24)23-9-4-5-16(23)12-20/h6-7,10,16,18,21-22H,2-5,8-9,11,13H2,1H3/t16-,18-/m0/s1. The molecule has 3 rings (SSSR count). The highest BCUT2D eigenvalue weighted by atomic mass is 32.2. The molecule has 2 aliphatic rings. The molecule has 1 aromatic carbocycles. The van der Waals surface area contributed by atoms with Crippen molar-refractivity contribution in [2.45, 2.75) is 62.6 Å². The summed E-state index contributed by atoms with van der Waals surface area (Å²) in [5, 5.41) is 12.4. The molecule has 0 bridgehead atoms. The smallest absolute Gasteiger partial charge is 0.241 e. The average Bonchev–Trinajstić information content (AvgIpc) is 3.15. The molecule has 0 saturated carbocycles. The van der Waals surface area contributed by atoms with Crippen molar-refractivity contribution in [1.82, 2.24) is 14.9 Å². The van der Waals surface area contributed by atoms with Gasteiger partial charge in [0, 0.05) is 19.6 Å². The minimum Gasteiger partial charge on any atom is -0.325 e. The van der Waals surface area contributed by atoms with Gasteiger partial charge in [0.1, 0.15) is 6.04 Å². The Morgan fingerprint density at radius 3 is 2.96 bits per heavy atom. The molecule has 0 aliphatic carbocycles. The maximum absolute atomic E-state index is 12.8. The second kappa shape index (κ2) is 8.38. The van der Waals surface area contributed by atoms with Crippen LogP contribution in [0.3, 0.4) is 0 Å². The summed E-state index contributed by atoms with van der Waals surface area (Å²) in [6.07, 6.45) is 3.83. The van der Waals surface area contributed by atoms with Gasteiger partial charge in [0.15, 0.2) is 0 Å². The maximum atomic E-state index is 12.8. The monoisotopic (exact) mass is 390 g/mol. The Morgan fingerprint density at radius 2 is 2.22 bits per heavy atom. The number of unbranched alkanes of at least 4 members (excludes halogenated alkanes) is 1. The highest BCUT2D eigenvalue weighted by Crippen LogP contribution is 2.24. The molecule has 27 heavy (non-hydrogen) atoms. The molecule has 1 saturated heterocycles. The van der Waals surface area contributed by atoms with Gasteiger partial charge < -0.3 is 10.2 Å². The fourth-order valence-corrected chi connectivity index (χ4v) is 4.79. The lowest BCUT2D eigenvalue weighted by atomic mass is 9.95. The van der Waals surface area contributed by atoms with E-state index in [1.54, 1.807) is 23.1 Å². The molecular weight excluding hydrogens is 364 g/mol.